The van der Waals surface area contributed by atoms with Gasteiger partial charge < -0.3 is 16.9 Å². The fourth-order valence-electron chi connectivity index (χ4n) is 1.88. The number of allylic oxidation sites excluding steroid dienone is 1. The lowest BCUT2D eigenvalue weighted by Gasteiger charge is -2.07. The highest BCUT2D eigenvalue weighted by Crippen LogP contribution is 2.15. The van der Waals surface area contributed by atoms with Gasteiger partial charge in [-0.2, -0.15) is 0 Å². The van der Waals surface area contributed by atoms with Crippen LogP contribution in [0.2, 0.25) is 0 Å². The zero-order valence-electron chi connectivity index (χ0n) is 10.8. The maximum Gasteiger partial charge on any atom is 0.249 e. The molecule has 0 heterocycles. The van der Waals surface area contributed by atoms with Gasteiger partial charge in [-0.25, -0.2) is 0 Å². The molecule has 0 bridgehead atoms. The number of rotatable bonds is 4. The molecule has 4 heteroatoms. The molecule has 0 saturated carbocycles. The molecule has 5 N–H and O–H groups in total. The van der Waals surface area contributed by atoms with Crippen molar-refractivity contribution in [3.8, 4) is 0 Å². The van der Waals surface area contributed by atoms with Crippen LogP contribution in [0.1, 0.15) is 21.5 Å². The van der Waals surface area contributed by atoms with Crippen LogP contribution >= 0.6 is 0 Å². The van der Waals surface area contributed by atoms with Crippen LogP contribution in [0.3, 0.4) is 0 Å². The Labute approximate surface area is 117 Å². The van der Waals surface area contributed by atoms with Crippen molar-refractivity contribution >= 4 is 17.3 Å². The number of nitrogens with one attached hydrogen (secondary N) is 1. The lowest BCUT2D eigenvalue weighted by Crippen LogP contribution is -2.15. The molecule has 0 aliphatic heterocycles. The topological polar surface area (TPSA) is 93.0 Å². The normalized spacial score (nSPS) is 11.1. The molecule has 1 amide bonds. The lowest BCUT2D eigenvalue weighted by atomic mass is 10.0. The van der Waals surface area contributed by atoms with Crippen LogP contribution in [0.25, 0.3) is 5.70 Å². The third-order valence-electron chi connectivity index (χ3n) is 2.89. The summed E-state index contributed by atoms with van der Waals surface area (Å²) in [5, 5.41) is 8.01. The van der Waals surface area contributed by atoms with Crippen molar-refractivity contribution in [3.05, 3.63) is 77.4 Å². The predicted molar refractivity (Wildman–Crippen MR) is 80.4 cm³/mol. The minimum atomic E-state index is -0.539. The van der Waals surface area contributed by atoms with Crippen LogP contribution in [0, 0.1) is 5.41 Å². The van der Waals surface area contributed by atoms with Crippen molar-refractivity contribution < 1.29 is 4.79 Å². The first-order chi connectivity index (χ1) is 9.59. The van der Waals surface area contributed by atoms with Crippen LogP contribution in [0.5, 0.6) is 0 Å². The van der Waals surface area contributed by atoms with E-state index in [-0.39, 0.29) is 5.71 Å². The van der Waals surface area contributed by atoms with Crippen molar-refractivity contribution in [1.29, 1.82) is 5.41 Å². The van der Waals surface area contributed by atoms with Crippen molar-refractivity contribution in [2.75, 3.05) is 0 Å². The van der Waals surface area contributed by atoms with Gasteiger partial charge in [-0.3, -0.25) is 4.79 Å². The quantitative estimate of drug-likeness (QED) is 0.739. The Bertz CT molecular complexity index is 675. The Balaban J connectivity index is 2.37. The van der Waals surface area contributed by atoms with Gasteiger partial charge in [-0.05, 0) is 17.7 Å². The number of amides is 1. The average Bonchev–Trinajstić information content (AvgIpc) is 2.48. The predicted octanol–water partition coefficient (Wildman–Crippen LogP) is 2.15. The van der Waals surface area contributed by atoms with Crippen LogP contribution in [0.4, 0.5) is 0 Å². The van der Waals surface area contributed by atoms with E-state index in [1.807, 2.05) is 30.3 Å². The maximum atomic E-state index is 11.4. The van der Waals surface area contributed by atoms with E-state index in [1.165, 1.54) is 6.08 Å². The number of benzene rings is 2. The van der Waals surface area contributed by atoms with Gasteiger partial charge in [0.15, 0.2) is 0 Å². The zero-order chi connectivity index (χ0) is 14.5. The van der Waals surface area contributed by atoms with Gasteiger partial charge in [-0.1, -0.05) is 48.5 Å². The second-order valence-corrected chi connectivity index (χ2v) is 4.29. The number of carbonyl (C=O) groups is 1. The van der Waals surface area contributed by atoms with E-state index >= 15 is 0 Å². The first-order valence-electron chi connectivity index (χ1n) is 6.10. The number of primary amides is 1. The summed E-state index contributed by atoms with van der Waals surface area (Å²) in [5.74, 6) is -0.539. The number of hydrogen-bond acceptors (Lipinski definition) is 3. The minimum Gasteiger partial charge on any atom is -0.398 e. The fourth-order valence-corrected chi connectivity index (χ4v) is 1.88. The summed E-state index contributed by atoms with van der Waals surface area (Å²) in [4.78, 5) is 11.4. The highest BCUT2D eigenvalue weighted by Gasteiger charge is 2.09. The molecule has 2 aromatic carbocycles. The van der Waals surface area contributed by atoms with Crippen molar-refractivity contribution in [1.82, 2.24) is 0 Å². The van der Waals surface area contributed by atoms with E-state index in [1.54, 1.807) is 24.3 Å². The average molecular weight is 265 g/mol. The SMILES string of the molecule is N=C(C=C(N)c1ccccc1C(N)=O)c1ccccc1. The molecule has 0 unspecified atom stereocenters. The molecule has 100 valence electrons. The van der Waals surface area contributed by atoms with Crippen LogP contribution in [0.15, 0.2) is 60.7 Å². The van der Waals surface area contributed by atoms with Crippen LogP contribution in [-0.2, 0) is 0 Å². The van der Waals surface area contributed by atoms with E-state index in [4.69, 9.17) is 16.9 Å². The Morgan fingerprint density at radius 2 is 1.45 bits per heavy atom. The van der Waals surface area contributed by atoms with Crippen LogP contribution in [-0.4, -0.2) is 11.6 Å². The Morgan fingerprint density at radius 3 is 2.05 bits per heavy atom. The molecule has 0 radical (unpaired) electrons. The molecule has 0 fully saturated rings. The third kappa shape index (κ3) is 2.92. The Kier molecular flexibility index (Phi) is 3.96. The van der Waals surface area contributed by atoms with Crippen molar-refractivity contribution in [3.63, 3.8) is 0 Å². The summed E-state index contributed by atoms with van der Waals surface area (Å²) in [6.07, 6.45) is 1.52. The smallest absolute Gasteiger partial charge is 0.249 e. The van der Waals surface area contributed by atoms with E-state index in [0.29, 0.717) is 16.8 Å². The third-order valence-corrected chi connectivity index (χ3v) is 2.89. The van der Waals surface area contributed by atoms with E-state index < -0.39 is 5.91 Å². The number of carbonyl (C=O) groups excluding carboxylic acids is 1. The molecule has 2 aromatic rings. The molecule has 4 nitrogen and oxygen atoms in total. The molecule has 0 aromatic heterocycles. The highest BCUT2D eigenvalue weighted by molar-refractivity contribution is 6.11. The van der Waals surface area contributed by atoms with Crippen molar-refractivity contribution in [2.24, 2.45) is 11.5 Å². The summed E-state index contributed by atoms with van der Waals surface area (Å²) in [5.41, 5.74) is 13.6. The monoisotopic (exact) mass is 265 g/mol. The fraction of sp³-hybridized carbons (Fsp3) is 0. The standard InChI is InChI=1S/C16H15N3O/c17-14(11-6-2-1-3-7-11)10-15(18)12-8-4-5-9-13(12)16(19)20/h1-10,17H,18H2,(H2,19,20). The van der Waals surface area contributed by atoms with Crippen molar-refractivity contribution in [2.45, 2.75) is 0 Å². The van der Waals surface area contributed by atoms with Gasteiger partial charge in [0.05, 0.1) is 5.71 Å². The summed E-state index contributed by atoms with van der Waals surface area (Å²) in [6.45, 7) is 0. The minimum absolute atomic E-state index is 0.280. The molecule has 2 rings (SSSR count). The molecule has 0 saturated heterocycles. The maximum absolute atomic E-state index is 11.4. The first kappa shape index (κ1) is 13.5. The first-order valence-corrected chi connectivity index (χ1v) is 6.10. The van der Waals surface area contributed by atoms with Gasteiger partial charge >= 0.3 is 0 Å². The zero-order valence-corrected chi connectivity index (χ0v) is 10.8. The molecule has 0 atom stereocenters. The molecular weight excluding hydrogens is 250 g/mol. The number of nitrogens with two attached hydrogens (primary N) is 2. The Morgan fingerprint density at radius 1 is 0.900 bits per heavy atom. The number of hydrogen-bond donors (Lipinski definition) is 3. The second-order valence-electron chi connectivity index (χ2n) is 4.29. The summed E-state index contributed by atoms with van der Waals surface area (Å²) in [6, 6.07) is 16.1. The molecule has 0 aliphatic rings. The van der Waals surface area contributed by atoms with Gasteiger partial charge in [0, 0.05) is 16.8 Å². The summed E-state index contributed by atoms with van der Waals surface area (Å²) in [7, 11) is 0. The largest absolute Gasteiger partial charge is 0.398 e. The van der Waals surface area contributed by atoms with Gasteiger partial charge in [-0.15, -0.1) is 0 Å². The molecule has 0 aliphatic carbocycles. The van der Waals surface area contributed by atoms with E-state index in [9.17, 15) is 4.79 Å². The molecule has 0 spiro atoms. The Hall–Kier alpha value is -2.88. The molecule has 20 heavy (non-hydrogen) atoms. The van der Waals surface area contributed by atoms with Gasteiger partial charge in [0.1, 0.15) is 0 Å². The van der Waals surface area contributed by atoms with Gasteiger partial charge in [0.25, 0.3) is 0 Å². The molecular formula is C16H15N3O. The summed E-state index contributed by atoms with van der Waals surface area (Å²) >= 11 is 0. The van der Waals surface area contributed by atoms with E-state index in [2.05, 4.69) is 0 Å². The van der Waals surface area contributed by atoms with Gasteiger partial charge in [0.2, 0.25) is 5.91 Å². The second kappa shape index (κ2) is 5.84. The lowest BCUT2D eigenvalue weighted by molar-refractivity contribution is 0.1000. The summed E-state index contributed by atoms with van der Waals surface area (Å²) < 4.78 is 0. The highest BCUT2D eigenvalue weighted by atomic mass is 16.1. The van der Waals surface area contributed by atoms with Crippen LogP contribution < -0.4 is 11.5 Å². The van der Waals surface area contributed by atoms with E-state index in [0.717, 1.165) is 5.56 Å².